The average molecular weight is 624 g/mol. The van der Waals surface area contributed by atoms with Crippen LogP contribution in [0.25, 0.3) is 0 Å². The van der Waals surface area contributed by atoms with E-state index in [9.17, 15) is 27.6 Å². The van der Waals surface area contributed by atoms with Crippen molar-refractivity contribution < 1.29 is 32.3 Å². The summed E-state index contributed by atoms with van der Waals surface area (Å²) in [6.07, 6.45) is 9.86. The minimum Gasteiger partial charge on any atom is -0.444 e. The van der Waals surface area contributed by atoms with Gasteiger partial charge >= 0.3 is 6.09 Å². The quantitative estimate of drug-likeness (QED) is 0.431. The van der Waals surface area contributed by atoms with Crippen LogP contribution in [0.4, 0.5) is 4.79 Å². The van der Waals surface area contributed by atoms with E-state index in [0.717, 1.165) is 19.0 Å². The minimum absolute atomic E-state index is 0.101. The predicted octanol–water partition coefficient (Wildman–Crippen LogP) is 2.82. The fraction of sp³-hybridized carbons (Fsp3) is 0.607. The van der Waals surface area contributed by atoms with Gasteiger partial charge in [-0.25, -0.2) is 17.9 Å². The lowest BCUT2D eigenvalue weighted by Crippen LogP contribution is -2.58. The van der Waals surface area contributed by atoms with E-state index in [4.69, 9.17) is 16.3 Å². The number of hydrogen-bond acceptors (Lipinski definition) is 8. The maximum Gasteiger partial charge on any atom is 0.408 e. The normalized spacial score (nSPS) is 27.8. The second-order valence-corrected chi connectivity index (χ2v) is 14.0. The second kappa shape index (κ2) is 12.6. The van der Waals surface area contributed by atoms with Crippen molar-refractivity contribution in [3.63, 3.8) is 0 Å². The van der Waals surface area contributed by atoms with Gasteiger partial charge in [0.05, 0.1) is 5.02 Å². The lowest BCUT2D eigenvalue weighted by atomic mass is 10.0. The van der Waals surface area contributed by atoms with Crippen molar-refractivity contribution in [2.24, 2.45) is 5.92 Å². The van der Waals surface area contributed by atoms with Crippen molar-refractivity contribution >= 4 is 45.4 Å². The average Bonchev–Trinajstić information content (AvgIpc) is 3.35. The molecule has 4 rings (SSSR count). The van der Waals surface area contributed by atoms with Crippen LogP contribution in [0.2, 0.25) is 5.02 Å². The Hall–Kier alpha value is -3.19. The lowest BCUT2D eigenvalue weighted by molar-refractivity contribution is -0.141. The molecule has 3 aliphatic rings. The lowest BCUT2D eigenvalue weighted by Gasteiger charge is -2.30. The number of carbonyl (C=O) groups excluding carboxylic acids is 4. The van der Waals surface area contributed by atoms with Gasteiger partial charge in [0, 0.05) is 24.9 Å². The van der Waals surface area contributed by atoms with Crippen molar-refractivity contribution in [1.82, 2.24) is 25.2 Å². The highest BCUT2D eigenvalue weighted by Crippen LogP contribution is 2.46. The van der Waals surface area contributed by atoms with Crippen LogP contribution in [0.1, 0.15) is 72.1 Å². The van der Waals surface area contributed by atoms with Gasteiger partial charge in [-0.1, -0.05) is 36.6 Å². The number of halogens is 1. The molecule has 2 aliphatic heterocycles. The second-order valence-electron chi connectivity index (χ2n) is 12.0. The number of amides is 4. The van der Waals surface area contributed by atoms with Crippen LogP contribution in [0.15, 0.2) is 35.5 Å². The minimum atomic E-state index is -4.38. The molecule has 0 bridgehead atoms. The van der Waals surface area contributed by atoms with Crippen LogP contribution < -0.4 is 15.4 Å². The van der Waals surface area contributed by atoms with Crippen LogP contribution >= 0.6 is 11.6 Å². The standard InChI is InChI=1S/C28H38ClN5O7S/c1-27(2,3)41-26(38)31-20-11-8-6-4-5-7-10-18-16-28(18,32-23(35)21-12-9-15-34(21)24(20)36)25(37)33-42(39,40)22-17-30-14-13-19(22)29/h7,10,13-14,17-18,20-21H,4-6,8-9,11-12,15-16H2,1-3H3,(H,31,38)(H,32,35)(H,33,37)/b10-7-/t18-,20+,21+,28-/m1/s1. The molecule has 230 valence electrons. The SMILES string of the molecule is CC(C)(C)OC(=O)N[C@H]1CCCCC/C=C\[C@@H]2C[C@@]2(C(=O)NS(=O)(=O)c2cnccc2Cl)NC(=O)[C@@H]2CCCN2C1=O. The van der Waals surface area contributed by atoms with Gasteiger partial charge in [-0.15, -0.1) is 0 Å². The number of fused-ring (bicyclic) bond motifs is 2. The van der Waals surface area contributed by atoms with Gasteiger partial charge in [0.15, 0.2) is 0 Å². The first-order valence-corrected chi connectivity index (χ1v) is 16.0. The first kappa shape index (κ1) is 31.7. The molecule has 3 N–H and O–H groups in total. The van der Waals surface area contributed by atoms with Crippen molar-refractivity contribution in [1.29, 1.82) is 0 Å². The van der Waals surface area contributed by atoms with E-state index < -0.39 is 63.0 Å². The van der Waals surface area contributed by atoms with Crippen molar-refractivity contribution in [2.45, 2.75) is 100 Å². The van der Waals surface area contributed by atoms with E-state index in [0.29, 0.717) is 38.6 Å². The summed E-state index contributed by atoms with van der Waals surface area (Å²) in [6.45, 7) is 5.49. The molecule has 2 fully saturated rings. The summed E-state index contributed by atoms with van der Waals surface area (Å²) in [5, 5.41) is 5.37. The Labute approximate surface area is 251 Å². The molecule has 42 heavy (non-hydrogen) atoms. The Bertz CT molecular complexity index is 1360. The molecule has 0 radical (unpaired) electrons. The third-order valence-corrected chi connectivity index (χ3v) is 9.38. The molecule has 12 nitrogen and oxygen atoms in total. The molecule has 4 atom stereocenters. The van der Waals surface area contributed by atoms with Crippen LogP contribution in [-0.2, 0) is 29.1 Å². The molecule has 3 heterocycles. The van der Waals surface area contributed by atoms with E-state index in [-0.39, 0.29) is 16.3 Å². The summed E-state index contributed by atoms with van der Waals surface area (Å²) in [6, 6.07) is -0.469. The highest BCUT2D eigenvalue weighted by molar-refractivity contribution is 7.90. The number of rotatable bonds is 4. The van der Waals surface area contributed by atoms with Crippen molar-refractivity contribution in [3.05, 3.63) is 35.6 Å². The summed E-state index contributed by atoms with van der Waals surface area (Å²) in [4.78, 5) is 58.2. The number of carbonyl (C=O) groups is 4. The number of sulfonamides is 1. The summed E-state index contributed by atoms with van der Waals surface area (Å²) in [5.74, 6) is -2.28. The Morgan fingerprint density at radius 3 is 2.64 bits per heavy atom. The molecule has 1 saturated heterocycles. The van der Waals surface area contributed by atoms with Crippen LogP contribution in [0.5, 0.6) is 0 Å². The summed E-state index contributed by atoms with van der Waals surface area (Å²) in [7, 11) is -4.38. The van der Waals surface area contributed by atoms with Gasteiger partial charge in [-0.2, -0.15) is 0 Å². The number of ether oxygens (including phenoxy) is 1. The van der Waals surface area contributed by atoms with Gasteiger partial charge in [0.25, 0.3) is 15.9 Å². The van der Waals surface area contributed by atoms with Crippen molar-refractivity contribution in [3.8, 4) is 0 Å². The molecule has 0 aromatic carbocycles. The maximum absolute atomic E-state index is 13.7. The molecule has 14 heteroatoms. The van der Waals surface area contributed by atoms with Crippen LogP contribution in [0.3, 0.4) is 0 Å². The summed E-state index contributed by atoms with van der Waals surface area (Å²) < 4.78 is 33.4. The Morgan fingerprint density at radius 1 is 1.17 bits per heavy atom. The van der Waals surface area contributed by atoms with E-state index in [1.54, 1.807) is 20.8 Å². The summed E-state index contributed by atoms with van der Waals surface area (Å²) >= 11 is 6.04. The smallest absolute Gasteiger partial charge is 0.408 e. The fourth-order valence-corrected chi connectivity index (χ4v) is 6.84. The third-order valence-electron chi connectivity index (χ3n) is 7.58. The number of aromatic nitrogens is 1. The molecule has 0 spiro atoms. The van der Waals surface area contributed by atoms with Crippen LogP contribution in [-0.4, -0.2) is 71.9 Å². The van der Waals surface area contributed by atoms with E-state index in [2.05, 4.69) is 20.3 Å². The molecule has 1 aromatic rings. The number of alkyl carbamates (subject to hydrolysis) is 1. The van der Waals surface area contributed by atoms with Gasteiger partial charge in [0.2, 0.25) is 11.8 Å². The third kappa shape index (κ3) is 7.41. The zero-order valence-corrected chi connectivity index (χ0v) is 25.6. The Balaban J connectivity index is 1.57. The zero-order chi connectivity index (χ0) is 30.7. The molecule has 1 aromatic heterocycles. The number of nitrogens with one attached hydrogen (secondary N) is 3. The van der Waals surface area contributed by atoms with Gasteiger partial charge in [-0.05, 0) is 65.4 Å². The first-order chi connectivity index (χ1) is 19.7. The first-order valence-electron chi connectivity index (χ1n) is 14.2. The van der Waals surface area contributed by atoms with E-state index in [1.165, 1.54) is 17.2 Å². The van der Waals surface area contributed by atoms with E-state index in [1.807, 2.05) is 12.2 Å². The molecular weight excluding hydrogens is 586 g/mol. The zero-order valence-electron chi connectivity index (χ0n) is 24.0. The monoisotopic (exact) mass is 623 g/mol. The fourth-order valence-electron chi connectivity index (χ4n) is 5.37. The number of hydrogen-bond donors (Lipinski definition) is 3. The molecule has 1 saturated carbocycles. The highest BCUT2D eigenvalue weighted by atomic mass is 35.5. The van der Waals surface area contributed by atoms with E-state index >= 15 is 0 Å². The number of allylic oxidation sites excluding steroid dienone is 1. The molecule has 0 unspecified atom stereocenters. The van der Waals surface area contributed by atoms with Gasteiger partial charge < -0.3 is 20.3 Å². The molecular formula is C28H38ClN5O7S. The van der Waals surface area contributed by atoms with Gasteiger partial charge in [0.1, 0.15) is 28.1 Å². The Kier molecular flexibility index (Phi) is 9.51. The molecule has 4 amide bonds. The molecule has 1 aliphatic carbocycles. The van der Waals surface area contributed by atoms with Gasteiger partial charge in [-0.3, -0.25) is 19.4 Å². The highest BCUT2D eigenvalue weighted by Gasteiger charge is 2.61. The summed E-state index contributed by atoms with van der Waals surface area (Å²) in [5.41, 5.74) is -2.26. The Morgan fingerprint density at radius 2 is 1.93 bits per heavy atom. The van der Waals surface area contributed by atoms with Crippen LogP contribution in [0, 0.1) is 5.92 Å². The largest absolute Gasteiger partial charge is 0.444 e. The number of pyridine rings is 1. The number of nitrogens with zero attached hydrogens (tertiary/aromatic N) is 2. The maximum atomic E-state index is 13.7. The van der Waals surface area contributed by atoms with Crippen molar-refractivity contribution in [2.75, 3.05) is 6.54 Å². The topological polar surface area (TPSA) is 164 Å². The predicted molar refractivity (Wildman–Crippen MR) is 154 cm³/mol.